The molecule has 0 radical (unpaired) electrons. The van der Waals surface area contributed by atoms with Crippen LogP contribution in [0.2, 0.25) is 10.0 Å². The molecule has 0 aliphatic rings. The van der Waals surface area contributed by atoms with Crippen molar-refractivity contribution in [2.75, 3.05) is 20.2 Å². The second-order valence-corrected chi connectivity index (χ2v) is 7.77. The lowest BCUT2D eigenvalue weighted by Crippen LogP contribution is -2.31. The Labute approximate surface area is 151 Å². The molecule has 2 aromatic rings. The number of nitrogens with zero attached hydrogens (tertiary/aromatic N) is 2. The molecule has 0 saturated carbocycles. The van der Waals surface area contributed by atoms with Crippen LogP contribution in [0.1, 0.15) is 5.56 Å². The third-order valence-electron chi connectivity index (χ3n) is 3.26. The zero-order valence-electron chi connectivity index (χ0n) is 12.7. The predicted octanol–water partition coefficient (Wildman–Crippen LogP) is 3.56. The molecule has 0 N–H and O–H groups in total. The predicted molar refractivity (Wildman–Crippen MR) is 92.9 cm³/mol. The first kappa shape index (κ1) is 18.6. The van der Waals surface area contributed by atoms with Crippen LogP contribution in [0.3, 0.4) is 0 Å². The lowest BCUT2D eigenvalue weighted by atomic mass is 10.2. The maximum Gasteiger partial charge on any atom is 0.242 e. The number of likely N-dealkylation sites (N-methyl/N-ethyl adjacent to an activating group) is 1. The normalized spacial score (nSPS) is 11.3. The summed E-state index contributed by atoms with van der Waals surface area (Å²) in [5.41, 5.74) is 0.226. The molecule has 0 amide bonds. The third-order valence-corrected chi connectivity index (χ3v) is 5.68. The Kier molecular flexibility index (Phi) is 6.08. The van der Waals surface area contributed by atoms with Crippen LogP contribution in [-0.2, 0) is 10.0 Å². The number of ether oxygens (including phenoxy) is 1. The molecule has 0 aromatic heterocycles. The SMILES string of the molecule is CN(CCOc1ccc(Cl)cc1)S(=O)(=O)c1ccc(C#N)c(Cl)c1. The molecular formula is C16H14Cl2N2O3S. The van der Waals surface area contributed by atoms with E-state index < -0.39 is 10.0 Å². The van der Waals surface area contributed by atoms with Crippen LogP contribution in [0.25, 0.3) is 0 Å². The van der Waals surface area contributed by atoms with Gasteiger partial charge in [0.15, 0.2) is 0 Å². The quantitative estimate of drug-likeness (QED) is 0.762. The van der Waals surface area contributed by atoms with Crippen molar-refractivity contribution < 1.29 is 13.2 Å². The molecule has 24 heavy (non-hydrogen) atoms. The third kappa shape index (κ3) is 4.40. The van der Waals surface area contributed by atoms with Gasteiger partial charge >= 0.3 is 0 Å². The van der Waals surface area contributed by atoms with Crippen LogP contribution >= 0.6 is 23.2 Å². The summed E-state index contributed by atoms with van der Waals surface area (Å²) in [4.78, 5) is 0.0282. The molecular weight excluding hydrogens is 371 g/mol. The van der Waals surface area contributed by atoms with E-state index in [0.717, 1.165) is 0 Å². The van der Waals surface area contributed by atoms with Crippen molar-refractivity contribution in [3.63, 3.8) is 0 Å². The Bertz CT molecular complexity index is 862. The van der Waals surface area contributed by atoms with Crippen LogP contribution in [0.15, 0.2) is 47.4 Å². The number of hydrogen-bond acceptors (Lipinski definition) is 4. The first-order valence-electron chi connectivity index (χ1n) is 6.89. The van der Waals surface area contributed by atoms with Gasteiger partial charge in [-0.05, 0) is 42.5 Å². The maximum atomic E-state index is 12.5. The summed E-state index contributed by atoms with van der Waals surface area (Å²) in [5, 5.41) is 9.54. The van der Waals surface area contributed by atoms with E-state index in [0.29, 0.717) is 10.8 Å². The van der Waals surface area contributed by atoms with Crippen LogP contribution in [0.5, 0.6) is 5.75 Å². The summed E-state index contributed by atoms with van der Waals surface area (Å²) in [6.45, 7) is 0.337. The zero-order valence-corrected chi connectivity index (χ0v) is 15.1. The number of sulfonamides is 1. The van der Waals surface area contributed by atoms with Crippen molar-refractivity contribution in [3.8, 4) is 11.8 Å². The number of hydrogen-bond donors (Lipinski definition) is 0. The van der Waals surface area contributed by atoms with Gasteiger partial charge in [0.25, 0.3) is 0 Å². The first-order valence-corrected chi connectivity index (χ1v) is 9.08. The summed E-state index contributed by atoms with van der Waals surface area (Å²) in [7, 11) is -2.26. The van der Waals surface area contributed by atoms with Gasteiger partial charge in [0, 0.05) is 18.6 Å². The maximum absolute atomic E-state index is 12.5. The standard InChI is InChI=1S/C16H14Cl2N2O3S/c1-20(8-9-23-14-5-3-13(17)4-6-14)24(21,22)15-7-2-12(11-19)16(18)10-15/h2-7,10H,8-9H2,1H3. The second-order valence-electron chi connectivity index (χ2n) is 4.88. The highest BCUT2D eigenvalue weighted by Crippen LogP contribution is 2.22. The molecule has 0 aliphatic carbocycles. The summed E-state index contributed by atoms with van der Waals surface area (Å²) >= 11 is 11.7. The molecule has 0 spiro atoms. The van der Waals surface area contributed by atoms with Gasteiger partial charge in [-0.1, -0.05) is 23.2 Å². The van der Waals surface area contributed by atoms with Gasteiger partial charge < -0.3 is 4.74 Å². The van der Waals surface area contributed by atoms with Crippen molar-refractivity contribution in [1.29, 1.82) is 5.26 Å². The van der Waals surface area contributed by atoms with E-state index in [2.05, 4.69) is 0 Å². The van der Waals surface area contributed by atoms with Gasteiger partial charge in [-0.25, -0.2) is 8.42 Å². The van der Waals surface area contributed by atoms with Crippen molar-refractivity contribution >= 4 is 33.2 Å². The molecule has 8 heteroatoms. The van der Waals surface area contributed by atoms with Crippen molar-refractivity contribution in [3.05, 3.63) is 58.1 Å². The highest BCUT2D eigenvalue weighted by atomic mass is 35.5. The summed E-state index contributed by atoms with van der Waals surface area (Å²) in [6, 6.07) is 12.7. The van der Waals surface area contributed by atoms with Crippen LogP contribution in [0.4, 0.5) is 0 Å². The Morgan fingerprint density at radius 1 is 1.17 bits per heavy atom. The van der Waals surface area contributed by atoms with E-state index in [9.17, 15) is 8.42 Å². The van der Waals surface area contributed by atoms with Crippen LogP contribution in [0, 0.1) is 11.3 Å². The highest BCUT2D eigenvalue weighted by Gasteiger charge is 2.21. The monoisotopic (exact) mass is 384 g/mol. The Hall–Kier alpha value is -1.78. The van der Waals surface area contributed by atoms with E-state index in [1.807, 2.05) is 6.07 Å². The Balaban J connectivity index is 2.02. The minimum absolute atomic E-state index is 0.0282. The number of rotatable bonds is 6. The smallest absolute Gasteiger partial charge is 0.242 e. The van der Waals surface area contributed by atoms with Gasteiger partial charge in [-0.15, -0.1) is 0 Å². The van der Waals surface area contributed by atoms with E-state index in [1.54, 1.807) is 24.3 Å². The van der Waals surface area contributed by atoms with Crippen molar-refractivity contribution in [2.45, 2.75) is 4.90 Å². The molecule has 0 heterocycles. The van der Waals surface area contributed by atoms with E-state index in [1.165, 1.54) is 29.6 Å². The number of nitriles is 1. The molecule has 5 nitrogen and oxygen atoms in total. The molecule has 0 fully saturated rings. The topological polar surface area (TPSA) is 70.4 Å². The molecule has 0 aliphatic heterocycles. The summed E-state index contributed by atoms with van der Waals surface area (Å²) < 4.78 is 31.6. The average molecular weight is 385 g/mol. The van der Waals surface area contributed by atoms with Gasteiger partial charge in [0.2, 0.25) is 10.0 Å². The largest absolute Gasteiger partial charge is 0.492 e. The number of benzene rings is 2. The molecule has 0 bridgehead atoms. The van der Waals surface area contributed by atoms with Gasteiger partial charge in [0.1, 0.15) is 18.4 Å². The summed E-state index contributed by atoms with van der Waals surface area (Å²) in [5.74, 6) is 0.603. The van der Waals surface area contributed by atoms with Crippen molar-refractivity contribution in [2.24, 2.45) is 0 Å². The van der Waals surface area contributed by atoms with Crippen LogP contribution in [-0.4, -0.2) is 32.9 Å². The van der Waals surface area contributed by atoms with Gasteiger partial charge in [-0.3, -0.25) is 0 Å². The van der Waals surface area contributed by atoms with E-state index in [4.69, 9.17) is 33.2 Å². The fourth-order valence-corrected chi connectivity index (χ4v) is 3.47. The lowest BCUT2D eigenvalue weighted by molar-refractivity contribution is 0.287. The fourth-order valence-electron chi connectivity index (χ4n) is 1.87. The number of halogens is 2. The van der Waals surface area contributed by atoms with Crippen molar-refractivity contribution in [1.82, 2.24) is 4.31 Å². The minimum Gasteiger partial charge on any atom is -0.492 e. The zero-order chi connectivity index (χ0) is 17.7. The Morgan fingerprint density at radius 3 is 2.42 bits per heavy atom. The molecule has 126 valence electrons. The van der Waals surface area contributed by atoms with E-state index in [-0.39, 0.29) is 28.6 Å². The second kappa shape index (κ2) is 7.86. The van der Waals surface area contributed by atoms with Gasteiger partial charge in [-0.2, -0.15) is 9.57 Å². The van der Waals surface area contributed by atoms with E-state index >= 15 is 0 Å². The molecule has 0 unspecified atom stereocenters. The summed E-state index contributed by atoms with van der Waals surface area (Å²) in [6.07, 6.45) is 0. The minimum atomic E-state index is -3.71. The van der Waals surface area contributed by atoms with Crippen LogP contribution < -0.4 is 4.74 Å². The van der Waals surface area contributed by atoms with Gasteiger partial charge in [0.05, 0.1) is 15.5 Å². The lowest BCUT2D eigenvalue weighted by Gasteiger charge is -2.17. The molecule has 0 saturated heterocycles. The first-order chi connectivity index (χ1) is 11.3. The average Bonchev–Trinajstić information content (AvgIpc) is 2.56. The molecule has 2 rings (SSSR count). The highest BCUT2D eigenvalue weighted by molar-refractivity contribution is 7.89. The molecule has 2 aromatic carbocycles. The Morgan fingerprint density at radius 2 is 1.83 bits per heavy atom. The fraction of sp³-hybridized carbons (Fsp3) is 0.188. The molecule has 0 atom stereocenters.